The van der Waals surface area contributed by atoms with E-state index < -0.39 is 18.5 Å². The van der Waals surface area contributed by atoms with Crippen molar-refractivity contribution < 1.29 is 23.9 Å². The van der Waals surface area contributed by atoms with Gasteiger partial charge in [0.05, 0.1) is 0 Å². The zero-order valence-electron chi connectivity index (χ0n) is 19.6. The summed E-state index contributed by atoms with van der Waals surface area (Å²) in [5, 5.41) is 5.92. The molecule has 0 saturated carbocycles. The Morgan fingerprint density at radius 2 is 1.37 bits per heavy atom. The van der Waals surface area contributed by atoms with Crippen LogP contribution in [0.3, 0.4) is 0 Å². The summed E-state index contributed by atoms with van der Waals surface area (Å²) in [4.78, 5) is 36.0. The molecule has 0 radical (unpaired) electrons. The average molecular weight is 495 g/mol. The van der Waals surface area contributed by atoms with E-state index in [0.29, 0.717) is 28.6 Å². The highest BCUT2D eigenvalue weighted by molar-refractivity contribution is 6.31. The number of halogens is 1. The lowest BCUT2D eigenvalue weighted by Crippen LogP contribution is -2.21. The summed E-state index contributed by atoms with van der Waals surface area (Å²) in [5.74, 6) is 0.151. The van der Waals surface area contributed by atoms with Gasteiger partial charge in [0.1, 0.15) is 11.5 Å². The van der Waals surface area contributed by atoms with Gasteiger partial charge in [-0.25, -0.2) is 0 Å². The van der Waals surface area contributed by atoms with Crippen molar-refractivity contribution in [2.24, 2.45) is 0 Å². The standard InChI is InChI=1S/C27H27ClN2O5/c1-18-6-12-22(13-7-18)35-23-14-10-20(11-15-23)29-25(31)4-3-5-27(33)34-17-26(32)30-21-9-8-19(2)24(28)16-21/h6-16H,3-5,17H2,1-2H3,(H,29,31)(H,30,32). The molecule has 7 nitrogen and oxygen atoms in total. The second-order valence-corrected chi connectivity index (χ2v) is 8.42. The van der Waals surface area contributed by atoms with Crippen LogP contribution < -0.4 is 15.4 Å². The van der Waals surface area contributed by atoms with E-state index in [1.54, 1.807) is 42.5 Å². The molecule has 0 unspecified atom stereocenters. The fourth-order valence-corrected chi connectivity index (χ4v) is 3.23. The molecule has 0 atom stereocenters. The lowest BCUT2D eigenvalue weighted by atomic mass is 10.2. The third-order valence-electron chi connectivity index (χ3n) is 5.00. The molecule has 35 heavy (non-hydrogen) atoms. The van der Waals surface area contributed by atoms with Crippen molar-refractivity contribution in [3.05, 3.63) is 82.9 Å². The Balaban J connectivity index is 1.32. The highest BCUT2D eigenvalue weighted by atomic mass is 35.5. The monoisotopic (exact) mass is 494 g/mol. The Hall–Kier alpha value is -3.84. The molecule has 0 bridgehead atoms. The van der Waals surface area contributed by atoms with Gasteiger partial charge in [-0.05, 0) is 74.4 Å². The molecule has 0 heterocycles. The second kappa shape index (κ2) is 12.6. The van der Waals surface area contributed by atoms with Gasteiger partial charge in [-0.1, -0.05) is 35.4 Å². The van der Waals surface area contributed by atoms with Crippen LogP contribution in [0.1, 0.15) is 30.4 Å². The second-order valence-electron chi connectivity index (χ2n) is 8.01. The van der Waals surface area contributed by atoms with Crippen molar-refractivity contribution in [1.82, 2.24) is 0 Å². The van der Waals surface area contributed by atoms with Crippen LogP contribution in [0.15, 0.2) is 66.7 Å². The maximum absolute atomic E-state index is 12.2. The molecule has 0 spiro atoms. The number of amides is 2. The van der Waals surface area contributed by atoms with Gasteiger partial charge < -0.3 is 20.1 Å². The SMILES string of the molecule is Cc1ccc(Oc2ccc(NC(=O)CCCC(=O)OCC(=O)Nc3ccc(C)c(Cl)c3)cc2)cc1. The fraction of sp³-hybridized carbons (Fsp3) is 0.222. The maximum Gasteiger partial charge on any atom is 0.306 e. The first kappa shape index (κ1) is 25.8. The molecule has 3 aromatic rings. The normalized spacial score (nSPS) is 10.4. The molecular weight excluding hydrogens is 468 g/mol. The predicted octanol–water partition coefficient (Wildman–Crippen LogP) is 6.04. The van der Waals surface area contributed by atoms with Crippen LogP contribution in [0.2, 0.25) is 5.02 Å². The number of carbonyl (C=O) groups excluding carboxylic acids is 3. The zero-order chi connectivity index (χ0) is 25.2. The first-order valence-electron chi connectivity index (χ1n) is 11.1. The van der Waals surface area contributed by atoms with Gasteiger partial charge in [-0.3, -0.25) is 14.4 Å². The molecule has 3 rings (SSSR count). The molecule has 0 aliphatic carbocycles. The number of ether oxygens (including phenoxy) is 2. The van der Waals surface area contributed by atoms with Gasteiger partial charge in [0.25, 0.3) is 5.91 Å². The lowest BCUT2D eigenvalue weighted by molar-refractivity contribution is -0.147. The number of carbonyl (C=O) groups is 3. The molecule has 0 aliphatic rings. The van der Waals surface area contributed by atoms with Gasteiger partial charge >= 0.3 is 5.97 Å². The Bertz CT molecular complexity index is 1180. The number of hydrogen-bond acceptors (Lipinski definition) is 5. The van der Waals surface area contributed by atoms with Crippen molar-refractivity contribution in [3.8, 4) is 11.5 Å². The summed E-state index contributed by atoms with van der Waals surface area (Å²) in [5.41, 5.74) is 3.19. The molecule has 3 aromatic carbocycles. The van der Waals surface area contributed by atoms with E-state index in [4.69, 9.17) is 21.1 Å². The molecule has 0 fully saturated rings. The highest BCUT2D eigenvalue weighted by Crippen LogP contribution is 2.23. The third-order valence-corrected chi connectivity index (χ3v) is 5.41. The lowest BCUT2D eigenvalue weighted by Gasteiger charge is -2.09. The largest absolute Gasteiger partial charge is 0.457 e. The molecule has 2 amide bonds. The van der Waals surface area contributed by atoms with Gasteiger partial charge in [-0.15, -0.1) is 0 Å². The summed E-state index contributed by atoms with van der Waals surface area (Å²) >= 11 is 6.02. The topological polar surface area (TPSA) is 93.7 Å². The van der Waals surface area contributed by atoms with Gasteiger partial charge in [0.2, 0.25) is 5.91 Å². The summed E-state index contributed by atoms with van der Waals surface area (Å²) in [6.07, 6.45) is 0.472. The third kappa shape index (κ3) is 8.79. The van der Waals surface area contributed by atoms with E-state index in [0.717, 1.165) is 16.9 Å². The Morgan fingerprint density at radius 3 is 2.03 bits per heavy atom. The molecule has 0 saturated heterocycles. The molecular formula is C27H27ClN2O5. The van der Waals surface area contributed by atoms with Crippen molar-refractivity contribution in [2.75, 3.05) is 17.2 Å². The van der Waals surface area contributed by atoms with Crippen molar-refractivity contribution in [3.63, 3.8) is 0 Å². The zero-order valence-corrected chi connectivity index (χ0v) is 20.4. The Morgan fingerprint density at radius 1 is 0.771 bits per heavy atom. The number of nitrogens with one attached hydrogen (secondary N) is 2. The summed E-state index contributed by atoms with van der Waals surface area (Å²) in [7, 11) is 0. The van der Waals surface area contributed by atoms with Gasteiger partial charge in [0.15, 0.2) is 6.61 Å². The van der Waals surface area contributed by atoms with Crippen LogP contribution >= 0.6 is 11.6 Å². The number of hydrogen-bond donors (Lipinski definition) is 2. The number of rotatable bonds is 10. The molecule has 8 heteroatoms. The summed E-state index contributed by atoms with van der Waals surface area (Å²) in [6, 6.07) is 19.9. The van der Waals surface area contributed by atoms with Crippen molar-refractivity contribution in [1.29, 1.82) is 0 Å². The first-order chi connectivity index (χ1) is 16.8. The van der Waals surface area contributed by atoms with Crippen LogP contribution in [-0.2, 0) is 19.1 Å². The van der Waals surface area contributed by atoms with Crippen molar-refractivity contribution in [2.45, 2.75) is 33.1 Å². The van der Waals surface area contributed by atoms with Gasteiger partial charge in [-0.2, -0.15) is 0 Å². The first-order valence-corrected chi connectivity index (χ1v) is 11.5. The number of esters is 1. The minimum absolute atomic E-state index is 0.0282. The van der Waals surface area contributed by atoms with Gasteiger partial charge in [0, 0.05) is 29.2 Å². The van der Waals surface area contributed by atoms with E-state index in [9.17, 15) is 14.4 Å². The highest BCUT2D eigenvalue weighted by Gasteiger charge is 2.10. The van der Waals surface area contributed by atoms with Crippen molar-refractivity contribution >= 4 is 40.8 Å². The summed E-state index contributed by atoms with van der Waals surface area (Å²) < 4.78 is 10.7. The molecule has 182 valence electrons. The molecule has 0 aliphatic heterocycles. The van der Waals surface area contributed by atoms with Crippen LogP contribution in [0.5, 0.6) is 11.5 Å². The fourth-order valence-electron chi connectivity index (χ4n) is 3.05. The van der Waals surface area contributed by atoms with E-state index in [2.05, 4.69) is 10.6 Å². The van der Waals surface area contributed by atoms with E-state index in [-0.39, 0.29) is 18.7 Å². The molecule has 0 aromatic heterocycles. The molecule has 2 N–H and O–H groups in total. The minimum Gasteiger partial charge on any atom is -0.457 e. The van der Waals surface area contributed by atoms with E-state index >= 15 is 0 Å². The number of anilines is 2. The van der Waals surface area contributed by atoms with Crippen LogP contribution in [0.25, 0.3) is 0 Å². The summed E-state index contributed by atoms with van der Waals surface area (Å²) in [6.45, 7) is 3.45. The van der Waals surface area contributed by atoms with E-state index in [1.165, 1.54) is 0 Å². The quantitative estimate of drug-likeness (QED) is 0.335. The maximum atomic E-state index is 12.2. The number of benzene rings is 3. The Kier molecular flexibility index (Phi) is 9.26. The van der Waals surface area contributed by atoms with Crippen LogP contribution in [0, 0.1) is 13.8 Å². The number of aryl methyl sites for hydroxylation is 2. The minimum atomic E-state index is -0.549. The van der Waals surface area contributed by atoms with Crippen LogP contribution in [0.4, 0.5) is 11.4 Å². The predicted molar refractivity (Wildman–Crippen MR) is 136 cm³/mol. The van der Waals surface area contributed by atoms with E-state index in [1.807, 2.05) is 38.1 Å². The average Bonchev–Trinajstić information content (AvgIpc) is 2.83. The van der Waals surface area contributed by atoms with Crippen LogP contribution in [-0.4, -0.2) is 24.4 Å². The Labute approximate surface area is 209 Å². The smallest absolute Gasteiger partial charge is 0.306 e.